The van der Waals surface area contributed by atoms with Gasteiger partial charge in [-0.25, -0.2) is 13.1 Å². The fraction of sp³-hybridized carbons (Fsp3) is 1.00. The predicted octanol–water partition coefficient (Wildman–Crippen LogP) is 2.01. The van der Waals surface area contributed by atoms with Crippen molar-refractivity contribution in [1.29, 1.82) is 0 Å². The molecular weight excluding hydrogens is 250 g/mol. The van der Waals surface area contributed by atoms with Crippen LogP contribution in [0.25, 0.3) is 0 Å². The number of sulfonamides is 1. The van der Waals surface area contributed by atoms with Gasteiger partial charge in [0.15, 0.2) is 0 Å². The Labute approximate surface area is 112 Å². The molecule has 0 amide bonds. The fourth-order valence-corrected chi connectivity index (χ4v) is 4.03. The molecule has 0 saturated carbocycles. The summed E-state index contributed by atoms with van der Waals surface area (Å²) in [4.78, 5) is 0. The van der Waals surface area contributed by atoms with Crippen LogP contribution in [0.5, 0.6) is 0 Å². The highest BCUT2D eigenvalue weighted by atomic mass is 32.2. The topological polar surface area (TPSA) is 55.4 Å². The first kappa shape index (κ1) is 15.9. The van der Waals surface area contributed by atoms with Crippen LogP contribution in [-0.2, 0) is 14.8 Å². The molecule has 1 N–H and O–H groups in total. The van der Waals surface area contributed by atoms with Crippen LogP contribution in [0, 0.1) is 17.8 Å². The smallest absolute Gasteiger partial charge is 0.214 e. The van der Waals surface area contributed by atoms with E-state index in [0.29, 0.717) is 50.4 Å². The number of hydrogen-bond donors (Lipinski definition) is 1. The molecule has 0 aromatic carbocycles. The predicted molar refractivity (Wildman–Crippen MR) is 73.9 cm³/mol. The average Bonchev–Trinajstić information content (AvgIpc) is 2.29. The van der Waals surface area contributed by atoms with Gasteiger partial charge in [0, 0.05) is 19.8 Å². The lowest BCUT2D eigenvalue weighted by Gasteiger charge is -2.27. The van der Waals surface area contributed by atoms with Crippen LogP contribution in [0.15, 0.2) is 0 Å². The highest BCUT2D eigenvalue weighted by Crippen LogP contribution is 2.21. The molecule has 0 aliphatic carbocycles. The fourth-order valence-electron chi connectivity index (χ4n) is 2.56. The van der Waals surface area contributed by atoms with Crippen LogP contribution in [0.4, 0.5) is 0 Å². The molecule has 0 aromatic rings. The molecule has 18 heavy (non-hydrogen) atoms. The number of hydrogen-bond acceptors (Lipinski definition) is 3. The highest BCUT2D eigenvalue weighted by Gasteiger charge is 2.29. The molecule has 108 valence electrons. The second-order valence-electron chi connectivity index (χ2n) is 5.86. The van der Waals surface area contributed by atoms with Crippen molar-refractivity contribution < 1.29 is 13.2 Å². The zero-order chi connectivity index (χ0) is 13.8. The monoisotopic (exact) mass is 277 g/mol. The van der Waals surface area contributed by atoms with Crippen molar-refractivity contribution in [3.05, 3.63) is 0 Å². The van der Waals surface area contributed by atoms with Crippen LogP contribution in [0.1, 0.15) is 40.5 Å². The summed E-state index contributed by atoms with van der Waals surface area (Å²) in [6, 6.07) is 0. The van der Waals surface area contributed by atoms with E-state index in [0.717, 1.165) is 0 Å². The summed E-state index contributed by atoms with van der Waals surface area (Å²) >= 11 is 0. The molecule has 4 nitrogen and oxygen atoms in total. The summed E-state index contributed by atoms with van der Waals surface area (Å²) in [6.45, 7) is 10.3. The summed E-state index contributed by atoms with van der Waals surface area (Å²) < 4.78 is 32.4. The molecule has 0 bridgehead atoms. The van der Waals surface area contributed by atoms with Crippen LogP contribution in [-0.4, -0.2) is 33.4 Å². The third-order valence-electron chi connectivity index (χ3n) is 3.84. The van der Waals surface area contributed by atoms with Gasteiger partial charge in [-0.3, -0.25) is 0 Å². The van der Waals surface area contributed by atoms with E-state index in [1.165, 1.54) is 0 Å². The lowest BCUT2D eigenvalue weighted by Crippen LogP contribution is -2.41. The third-order valence-corrected chi connectivity index (χ3v) is 5.76. The second kappa shape index (κ2) is 6.87. The van der Waals surface area contributed by atoms with Crippen molar-refractivity contribution in [1.82, 2.24) is 4.72 Å². The Morgan fingerprint density at radius 2 is 1.61 bits per heavy atom. The van der Waals surface area contributed by atoms with Gasteiger partial charge in [0.2, 0.25) is 10.0 Å². The van der Waals surface area contributed by atoms with Gasteiger partial charge in [-0.15, -0.1) is 0 Å². The number of ether oxygens (including phenoxy) is 1. The van der Waals surface area contributed by atoms with E-state index in [2.05, 4.69) is 32.4 Å². The summed E-state index contributed by atoms with van der Waals surface area (Å²) in [5.74, 6) is 1.37. The Morgan fingerprint density at radius 1 is 1.11 bits per heavy atom. The molecule has 0 radical (unpaired) electrons. The molecule has 5 heteroatoms. The molecule has 1 saturated heterocycles. The normalized spacial score (nSPS) is 19.1. The largest absolute Gasteiger partial charge is 0.381 e. The molecular formula is C13H27NO3S. The van der Waals surface area contributed by atoms with Crippen molar-refractivity contribution >= 4 is 10.0 Å². The van der Waals surface area contributed by atoms with Crippen LogP contribution >= 0.6 is 0 Å². The van der Waals surface area contributed by atoms with Crippen molar-refractivity contribution in [3.63, 3.8) is 0 Å². The average molecular weight is 277 g/mol. The first-order valence-electron chi connectivity index (χ1n) is 6.90. The van der Waals surface area contributed by atoms with Crippen LogP contribution in [0.2, 0.25) is 0 Å². The van der Waals surface area contributed by atoms with Crippen molar-refractivity contribution in [2.75, 3.05) is 19.8 Å². The van der Waals surface area contributed by atoms with Gasteiger partial charge >= 0.3 is 0 Å². The number of rotatable bonds is 6. The van der Waals surface area contributed by atoms with Gasteiger partial charge in [-0.05, 0) is 30.6 Å². The van der Waals surface area contributed by atoms with E-state index in [1.54, 1.807) is 0 Å². The molecule has 0 atom stereocenters. The van der Waals surface area contributed by atoms with Crippen LogP contribution in [0.3, 0.4) is 0 Å². The molecule has 1 fully saturated rings. The molecule has 1 aliphatic heterocycles. The first-order valence-corrected chi connectivity index (χ1v) is 8.45. The Morgan fingerprint density at radius 3 is 2.06 bits per heavy atom. The Kier molecular flexibility index (Phi) is 6.08. The standard InChI is InChI=1S/C13H27NO3S/c1-10(2)13(11(3)4)9-14-18(15,16)12-5-7-17-8-6-12/h10-14H,5-9H2,1-4H3. The highest BCUT2D eigenvalue weighted by molar-refractivity contribution is 7.90. The number of nitrogens with one attached hydrogen (secondary N) is 1. The summed E-state index contributed by atoms with van der Waals surface area (Å²) in [5, 5.41) is -0.272. The quantitative estimate of drug-likeness (QED) is 0.808. The second-order valence-corrected chi connectivity index (χ2v) is 7.90. The van der Waals surface area contributed by atoms with Gasteiger partial charge in [-0.2, -0.15) is 0 Å². The lowest BCUT2D eigenvalue weighted by atomic mass is 9.86. The minimum absolute atomic E-state index is 0.272. The maximum Gasteiger partial charge on any atom is 0.214 e. The van der Waals surface area contributed by atoms with Gasteiger partial charge < -0.3 is 4.74 Å². The summed E-state index contributed by atoms with van der Waals surface area (Å²) in [7, 11) is -3.18. The summed E-state index contributed by atoms with van der Waals surface area (Å²) in [5.41, 5.74) is 0. The van der Waals surface area contributed by atoms with Crippen molar-refractivity contribution in [3.8, 4) is 0 Å². The van der Waals surface area contributed by atoms with Gasteiger partial charge in [-0.1, -0.05) is 27.7 Å². The third kappa shape index (κ3) is 4.52. The Bertz CT molecular complexity index is 324. The van der Waals surface area contributed by atoms with E-state index in [-0.39, 0.29) is 5.25 Å². The van der Waals surface area contributed by atoms with E-state index < -0.39 is 10.0 Å². The zero-order valence-electron chi connectivity index (χ0n) is 12.0. The molecule has 0 spiro atoms. The molecule has 0 aromatic heterocycles. The summed E-state index contributed by atoms with van der Waals surface area (Å²) in [6.07, 6.45) is 1.23. The van der Waals surface area contributed by atoms with E-state index in [1.807, 2.05) is 0 Å². The Balaban J connectivity index is 2.54. The van der Waals surface area contributed by atoms with Gasteiger partial charge in [0.05, 0.1) is 5.25 Å². The maximum absolute atomic E-state index is 12.2. The van der Waals surface area contributed by atoms with Crippen molar-refractivity contribution in [2.45, 2.75) is 45.8 Å². The lowest BCUT2D eigenvalue weighted by molar-refractivity contribution is 0.0980. The van der Waals surface area contributed by atoms with E-state index in [4.69, 9.17) is 4.74 Å². The molecule has 1 aliphatic rings. The van der Waals surface area contributed by atoms with E-state index in [9.17, 15) is 8.42 Å². The van der Waals surface area contributed by atoms with E-state index >= 15 is 0 Å². The minimum Gasteiger partial charge on any atom is -0.381 e. The van der Waals surface area contributed by atoms with Crippen molar-refractivity contribution in [2.24, 2.45) is 17.8 Å². The van der Waals surface area contributed by atoms with Gasteiger partial charge in [0.25, 0.3) is 0 Å². The SMILES string of the molecule is CC(C)C(CNS(=O)(=O)C1CCOCC1)C(C)C. The van der Waals surface area contributed by atoms with Crippen LogP contribution < -0.4 is 4.72 Å². The zero-order valence-corrected chi connectivity index (χ0v) is 12.8. The maximum atomic E-state index is 12.2. The molecule has 0 unspecified atom stereocenters. The Hall–Kier alpha value is -0.130. The first-order chi connectivity index (χ1) is 8.34. The van der Waals surface area contributed by atoms with Gasteiger partial charge in [0.1, 0.15) is 0 Å². The minimum atomic E-state index is -3.18. The molecule has 1 rings (SSSR count). The molecule has 1 heterocycles.